The Hall–Kier alpha value is -3.15. The minimum absolute atomic E-state index is 0.0199. The molecule has 0 bridgehead atoms. The fraction of sp³-hybridized carbons (Fsp3) is 0.318. The van der Waals surface area contributed by atoms with E-state index in [9.17, 15) is 9.90 Å². The van der Waals surface area contributed by atoms with Crippen LogP contribution in [0.15, 0.2) is 43.0 Å². The molecule has 28 heavy (non-hydrogen) atoms. The van der Waals surface area contributed by atoms with Crippen molar-refractivity contribution < 1.29 is 9.90 Å². The quantitative estimate of drug-likeness (QED) is 0.605. The molecule has 6 N–H and O–H groups in total. The first-order valence-electron chi connectivity index (χ1n) is 9.65. The lowest BCUT2D eigenvalue weighted by Crippen LogP contribution is -2.36. The summed E-state index contributed by atoms with van der Waals surface area (Å²) < 4.78 is 0. The number of hydrogen-bond acceptors (Lipinski definition) is 4. The number of aromatic amines is 1. The molecule has 0 aliphatic carbocycles. The smallest absolute Gasteiger partial charge is 0.245 e. The Morgan fingerprint density at radius 3 is 2.54 bits per heavy atom. The van der Waals surface area contributed by atoms with Crippen LogP contribution in [0.25, 0.3) is 11.8 Å². The fourth-order valence-corrected chi connectivity index (χ4v) is 3.35. The number of amides is 1. The van der Waals surface area contributed by atoms with Crippen molar-refractivity contribution in [2.45, 2.75) is 32.6 Å². The number of carbonyl (C=O) groups is 1. The Morgan fingerprint density at radius 1 is 1.29 bits per heavy atom. The second-order valence-corrected chi connectivity index (χ2v) is 6.51. The molecule has 6 heteroatoms. The summed E-state index contributed by atoms with van der Waals surface area (Å²) in [6, 6.07) is 8.92. The predicted octanol–water partition coefficient (Wildman–Crippen LogP) is 3.68. The molecular formula is C22H30N4O2. The van der Waals surface area contributed by atoms with Gasteiger partial charge in [-0.3, -0.25) is 4.79 Å². The van der Waals surface area contributed by atoms with Crippen LogP contribution in [-0.4, -0.2) is 34.0 Å². The van der Waals surface area contributed by atoms with Crippen molar-refractivity contribution >= 4 is 23.5 Å². The molecule has 1 aliphatic rings. The first kappa shape index (κ1) is 21.2. The van der Waals surface area contributed by atoms with E-state index in [0.717, 1.165) is 24.1 Å². The van der Waals surface area contributed by atoms with E-state index in [1.807, 2.05) is 30.9 Å². The van der Waals surface area contributed by atoms with Crippen molar-refractivity contribution in [3.05, 3.63) is 59.8 Å². The lowest BCUT2D eigenvalue weighted by atomic mass is 9.93. The largest absolute Gasteiger partial charge is 0.507 e. The van der Waals surface area contributed by atoms with Crippen LogP contribution in [-0.2, 0) is 4.79 Å². The van der Waals surface area contributed by atoms with Gasteiger partial charge in [-0.25, -0.2) is 0 Å². The van der Waals surface area contributed by atoms with Gasteiger partial charge in [0.2, 0.25) is 5.91 Å². The van der Waals surface area contributed by atoms with Gasteiger partial charge < -0.3 is 26.5 Å². The number of benzene rings is 1. The van der Waals surface area contributed by atoms with Gasteiger partial charge in [0.25, 0.3) is 0 Å². The molecule has 1 aromatic heterocycles. The van der Waals surface area contributed by atoms with Crippen molar-refractivity contribution in [3.8, 4) is 5.75 Å². The monoisotopic (exact) mass is 382 g/mol. The first-order valence-corrected chi connectivity index (χ1v) is 9.65. The van der Waals surface area contributed by atoms with Gasteiger partial charge in [-0.05, 0) is 43.2 Å². The molecule has 0 spiro atoms. The van der Waals surface area contributed by atoms with Gasteiger partial charge in [-0.15, -0.1) is 0 Å². The maximum Gasteiger partial charge on any atom is 0.245 e. The van der Waals surface area contributed by atoms with Crippen LogP contribution in [0.1, 0.15) is 49.4 Å². The van der Waals surface area contributed by atoms with E-state index in [1.54, 1.807) is 24.3 Å². The number of phenolic OH excluding ortho intramolecular Hbond substituents is 1. The molecule has 0 atom stereocenters. The minimum atomic E-state index is -0.0199. The number of anilines is 1. The number of H-pyrrole nitrogens is 1. The van der Waals surface area contributed by atoms with E-state index in [2.05, 4.69) is 11.6 Å². The predicted molar refractivity (Wildman–Crippen MR) is 115 cm³/mol. The number of carbonyl (C=O) groups excluding carboxylic acids is 1. The highest BCUT2D eigenvalue weighted by atomic mass is 16.3. The number of rotatable bonds is 4. The fourth-order valence-electron chi connectivity index (χ4n) is 3.35. The van der Waals surface area contributed by atoms with Crippen LogP contribution in [0.3, 0.4) is 0 Å². The number of hydrogen-bond donors (Lipinski definition) is 4. The van der Waals surface area contributed by atoms with Crippen LogP contribution >= 0.6 is 0 Å². The zero-order valence-corrected chi connectivity index (χ0v) is 16.6. The number of likely N-dealkylation sites (tertiary alicyclic amines) is 1. The second kappa shape index (κ2) is 9.69. The topological polar surface area (TPSA) is 108 Å². The van der Waals surface area contributed by atoms with E-state index in [1.165, 1.54) is 6.08 Å². The zero-order chi connectivity index (χ0) is 20.7. The number of nitrogens with zero attached hydrogens (tertiary/aromatic N) is 1. The average Bonchev–Trinajstić information content (AvgIpc) is 3.09. The summed E-state index contributed by atoms with van der Waals surface area (Å²) in [6.07, 6.45) is 4.87. The molecule has 6 nitrogen and oxygen atoms in total. The van der Waals surface area contributed by atoms with Gasteiger partial charge in [0.1, 0.15) is 11.6 Å². The van der Waals surface area contributed by atoms with E-state index in [0.29, 0.717) is 36.1 Å². The van der Waals surface area contributed by atoms with Gasteiger partial charge in [0.05, 0.1) is 0 Å². The van der Waals surface area contributed by atoms with Crippen molar-refractivity contribution in [3.63, 3.8) is 0 Å². The highest BCUT2D eigenvalue weighted by molar-refractivity contribution is 5.87. The Labute approximate surface area is 166 Å². The molecule has 2 heterocycles. The number of aromatic nitrogens is 1. The highest BCUT2D eigenvalue weighted by Crippen LogP contribution is 2.31. The Balaban J connectivity index is 0.00000136. The third-order valence-electron chi connectivity index (χ3n) is 4.85. The molecule has 1 amide bonds. The number of phenols is 1. The third-order valence-corrected chi connectivity index (χ3v) is 4.85. The van der Waals surface area contributed by atoms with Gasteiger partial charge in [0, 0.05) is 41.5 Å². The number of nitrogen functional groups attached to an aromatic ring is 1. The van der Waals surface area contributed by atoms with Gasteiger partial charge >= 0.3 is 0 Å². The summed E-state index contributed by atoms with van der Waals surface area (Å²) in [7, 11) is 0. The maximum atomic E-state index is 11.7. The van der Waals surface area contributed by atoms with Crippen molar-refractivity contribution in [1.29, 1.82) is 0 Å². The number of nitrogens with two attached hydrogens (primary N) is 2. The van der Waals surface area contributed by atoms with Crippen LogP contribution in [0, 0.1) is 0 Å². The lowest BCUT2D eigenvalue weighted by molar-refractivity contribution is -0.127. The standard InChI is InChI=1S/C20H24N4O2.C2H6/c1-2-19(26)24-9-7-13(8-10-24)17-12-14(20(22)23-17)11-16(21)15-5-3-4-6-18(15)25;1-2/h2-6,11-13,23,25H,1,7-10,21-22H2;1-2H3/b16-11-;. The van der Waals surface area contributed by atoms with Gasteiger partial charge in [0.15, 0.2) is 0 Å². The first-order chi connectivity index (χ1) is 13.5. The SMILES string of the molecule is C=CC(=O)N1CCC(c2cc(/C=C(\N)c3ccccc3O)c(N)[nH]2)CC1.CC. The zero-order valence-electron chi connectivity index (χ0n) is 16.6. The molecule has 1 saturated heterocycles. The normalized spacial score (nSPS) is 14.9. The van der Waals surface area contributed by atoms with Crippen molar-refractivity contribution in [2.75, 3.05) is 18.8 Å². The molecule has 0 saturated carbocycles. The number of piperidine rings is 1. The van der Waals surface area contributed by atoms with Crippen LogP contribution in [0.4, 0.5) is 5.82 Å². The molecule has 0 unspecified atom stereocenters. The maximum absolute atomic E-state index is 11.7. The summed E-state index contributed by atoms with van der Waals surface area (Å²) in [6.45, 7) is 8.95. The number of aromatic hydroxyl groups is 1. The van der Waals surface area contributed by atoms with Crippen LogP contribution < -0.4 is 11.5 Å². The summed E-state index contributed by atoms with van der Waals surface area (Å²) in [5, 5.41) is 9.93. The van der Waals surface area contributed by atoms with E-state index < -0.39 is 0 Å². The lowest BCUT2D eigenvalue weighted by Gasteiger charge is -2.30. The molecule has 1 aliphatic heterocycles. The van der Waals surface area contributed by atoms with Crippen molar-refractivity contribution in [1.82, 2.24) is 9.88 Å². The second-order valence-electron chi connectivity index (χ2n) is 6.51. The average molecular weight is 383 g/mol. The van der Waals surface area contributed by atoms with E-state index >= 15 is 0 Å². The van der Waals surface area contributed by atoms with E-state index in [-0.39, 0.29) is 11.7 Å². The molecule has 150 valence electrons. The van der Waals surface area contributed by atoms with E-state index in [4.69, 9.17) is 11.5 Å². The molecule has 2 aromatic rings. The van der Waals surface area contributed by atoms with Gasteiger partial charge in [-0.2, -0.15) is 0 Å². The Morgan fingerprint density at radius 2 is 1.93 bits per heavy atom. The Kier molecular flexibility index (Phi) is 7.32. The minimum Gasteiger partial charge on any atom is -0.507 e. The van der Waals surface area contributed by atoms with Crippen LogP contribution in [0.2, 0.25) is 0 Å². The summed E-state index contributed by atoms with van der Waals surface area (Å²) in [4.78, 5) is 16.7. The molecule has 0 radical (unpaired) electrons. The number of nitrogens with one attached hydrogen (secondary N) is 1. The summed E-state index contributed by atoms with van der Waals surface area (Å²) >= 11 is 0. The summed E-state index contributed by atoms with van der Waals surface area (Å²) in [5.41, 5.74) is 15.1. The molecular weight excluding hydrogens is 352 g/mol. The van der Waals surface area contributed by atoms with Gasteiger partial charge in [-0.1, -0.05) is 32.6 Å². The summed E-state index contributed by atoms with van der Waals surface area (Å²) in [5.74, 6) is 0.978. The Bertz CT molecular complexity index is 846. The number of para-hydroxylation sites is 1. The van der Waals surface area contributed by atoms with Crippen LogP contribution in [0.5, 0.6) is 5.75 Å². The molecule has 1 aromatic carbocycles. The third kappa shape index (κ3) is 4.76. The highest BCUT2D eigenvalue weighted by Gasteiger charge is 2.24. The molecule has 1 fully saturated rings. The van der Waals surface area contributed by atoms with Crippen molar-refractivity contribution in [2.24, 2.45) is 5.73 Å². The molecule has 3 rings (SSSR count).